The third kappa shape index (κ3) is 2.75. The van der Waals surface area contributed by atoms with Gasteiger partial charge < -0.3 is 5.11 Å². The molecule has 6 heteroatoms. The normalized spacial score (nSPS) is 10.9. The highest BCUT2D eigenvalue weighted by Gasteiger charge is 2.14. The van der Waals surface area contributed by atoms with E-state index < -0.39 is 5.97 Å². The van der Waals surface area contributed by atoms with Gasteiger partial charge in [0.25, 0.3) is 0 Å². The highest BCUT2D eigenvalue weighted by atomic mass is 32.2. The second kappa shape index (κ2) is 5.57. The number of aryl methyl sites for hydroxylation is 1. The van der Waals surface area contributed by atoms with Crippen LogP contribution in [0.2, 0.25) is 0 Å². The number of rotatable bonds is 4. The van der Waals surface area contributed by atoms with Gasteiger partial charge in [-0.05, 0) is 25.1 Å². The summed E-state index contributed by atoms with van der Waals surface area (Å²) in [5, 5.41) is 9.53. The number of carboxylic acid groups (broad SMARTS) is 1. The van der Waals surface area contributed by atoms with E-state index in [1.807, 2.05) is 41.8 Å². The molecule has 2 aromatic heterocycles. The number of hydrogen-bond donors (Lipinski definition) is 1. The maximum Gasteiger partial charge on any atom is 0.313 e. The summed E-state index contributed by atoms with van der Waals surface area (Å²) in [6, 6.07) is 9.93. The summed E-state index contributed by atoms with van der Waals surface area (Å²) in [5.41, 5.74) is 3.81. The lowest BCUT2D eigenvalue weighted by Gasteiger charge is -2.08. The van der Waals surface area contributed by atoms with E-state index in [4.69, 9.17) is 5.11 Å². The van der Waals surface area contributed by atoms with Gasteiger partial charge in [-0.3, -0.25) is 14.3 Å². The van der Waals surface area contributed by atoms with Crippen molar-refractivity contribution in [2.24, 2.45) is 0 Å². The molecule has 0 amide bonds. The van der Waals surface area contributed by atoms with Gasteiger partial charge in [-0.1, -0.05) is 29.5 Å². The van der Waals surface area contributed by atoms with Gasteiger partial charge in [0.2, 0.25) is 0 Å². The zero-order chi connectivity index (χ0) is 14.8. The fourth-order valence-corrected chi connectivity index (χ4v) is 2.82. The Morgan fingerprint density at radius 2 is 2.05 bits per heavy atom. The van der Waals surface area contributed by atoms with Crippen LogP contribution in [0.3, 0.4) is 0 Å². The van der Waals surface area contributed by atoms with E-state index in [-0.39, 0.29) is 5.75 Å². The van der Waals surface area contributed by atoms with Gasteiger partial charge in [0.1, 0.15) is 5.52 Å². The van der Waals surface area contributed by atoms with Crippen molar-refractivity contribution in [2.45, 2.75) is 12.1 Å². The Balaban J connectivity index is 2.15. The maximum atomic E-state index is 10.8. The molecule has 2 heterocycles. The van der Waals surface area contributed by atoms with E-state index in [0.717, 1.165) is 16.7 Å². The summed E-state index contributed by atoms with van der Waals surface area (Å²) in [5.74, 6) is -0.886. The van der Waals surface area contributed by atoms with Crippen molar-refractivity contribution in [2.75, 3.05) is 5.75 Å². The topological polar surface area (TPSA) is 68.0 Å². The monoisotopic (exact) mass is 299 g/mol. The molecule has 3 aromatic rings. The molecule has 21 heavy (non-hydrogen) atoms. The highest BCUT2D eigenvalue weighted by molar-refractivity contribution is 7.99. The maximum absolute atomic E-state index is 10.8. The number of aliphatic carboxylic acids is 1. The Bertz CT molecular complexity index is 796. The van der Waals surface area contributed by atoms with E-state index in [9.17, 15) is 4.79 Å². The summed E-state index contributed by atoms with van der Waals surface area (Å²) in [6.07, 6.45) is 3.39. The van der Waals surface area contributed by atoms with Gasteiger partial charge in [0, 0.05) is 11.9 Å². The summed E-state index contributed by atoms with van der Waals surface area (Å²) in [4.78, 5) is 19.4. The number of benzene rings is 1. The number of fused-ring (bicyclic) bond motifs is 1. The molecule has 1 N–H and O–H groups in total. The van der Waals surface area contributed by atoms with Crippen LogP contribution >= 0.6 is 11.8 Å². The first-order valence-corrected chi connectivity index (χ1v) is 7.38. The van der Waals surface area contributed by atoms with Crippen LogP contribution in [0.1, 0.15) is 5.56 Å². The van der Waals surface area contributed by atoms with Crippen molar-refractivity contribution >= 4 is 28.8 Å². The van der Waals surface area contributed by atoms with Crippen LogP contribution in [0.4, 0.5) is 0 Å². The molecule has 1 aromatic carbocycles. The molecule has 0 saturated heterocycles. The quantitative estimate of drug-likeness (QED) is 0.750. The van der Waals surface area contributed by atoms with Crippen LogP contribution in [0, 0.1) is 6.92 Å². The van der Waals surface area contributed by atoms with Crippen molar-refractivity contribution < 1.29 is 9.90 Å². The standard InChI is InChI=1S/C15H13N3O2S/c1-10-2-4-11(5-3-10)18-13-6-7-16-8-12(13)17-15(18)21-9-14(19)20/h2-8H,9H2,1H3,(H,19,20). The molecule has 0 saturated carbocycles. The van der Waals surface area contributed by atoms with Crippen LogP contribution in [-0.2, 0) is 4.79 Å². The Labute approximate surface area is 125 Å². The van der Waals surface area contributed by atoms with Gasteiger partial charge in [-0.15, -0.1) is 0 Å². The Hall–Kier alpha value is -2.34. The minimum atomic E-state index is -0.861. The van der Waals surface area contributed by atoms with Crippen LogP contribution in [0.15, 0.2) is 47.9 Å². The first-order valence-electron chi connectivity index (χ1n) is 6.39. The number of nitrogens with zero attached hydrogens (tertiary/aromatic N) is 3. The summed E-state index contributed by atoms with van der Waals surface area (Å²) in [6.45, 7) is 2.03. The Morgan fingerprint density at radius 1 is 1.29 bits per heavy atom. The predicted octanol–water partition coefficient (Wildman–Crippen LogP) is 2.91. The third-order valence-corrected chi connectivity index (χ3v) is 3.97. The van der Waals surface area contributed by atoms with Gasteiger partial charge in [0.15, 0.2) is 5.16 Å². The molecule has 0 radical (unpaired) electrons. The fourth-order valence-electron chi connectivity index (χ4n) is 2.08. The van der Waals surface area contributed by atoms with Gasteiger partial charge >= 0.3 is 5.97 Å². The molecule has 0 unspecified atom stereocenters. The van der Waals surface area contributed by atoms with E-state index in [2.05, 4.69) is 9.97 Å². The van der Waals surface area contributed by atoms with Crippen LogP contribution < -0.4 is 0 Å². The first kappa shape index (κ1) is 13.6. The molecule has 0 fully saturated rings. The lowest BCUT2D eigenvalue weighted by atomic mass is 10.2. The summed E-state index contributed by atoms with van der Waals surface area (Å²) >= 11 is 1.20. The molecule has 0 spiro atoms. The average Bonchev–Trinajstić information content (AvgIpc) is 2.84. The number of hydrogen-bond acceptors (Lipinski definition) is 4. The molecule has 0 aliphatic carbocycles. The molecule has 0 aliphatic rings. The minimum Gasteiger partial charge on any atom is -0.481 e. The number of carboxylic acids is 1. The third-order valence-electron chi connectivity index (χ3n) is 3.04. The second-order valence-electron chi connectivity index (χ2n) is 4.61. The molecule has 5 nitrogen and oxygen atoms in total. The molecule has 0 aliphatic heterocycles. The van der Waals surface area contributed by atoms with Crippen molar-refractivity contribution in [3.8, 4) is 5.69 Å². The van der Waals surface area contributed by atoms with Crippen molar-refractivity contribution in [1.82, 2.24) is 14.5 Å². The van der Waals surface area contributed by atoms with Crippen LogP contribution in [-0.4, -0.2) is 31.4 Å². The Kier molecular flexibility index (Phi) is 3.62. The second-order valence-corrected chi connectivity index (χ2v) is 5.55. The van der Waals surface area contributed by atoms with E-state index in [0.29, 0.717) is 5.16 Å². The molecule has 0 atom stereocenters. The van der Waals surface area contributed by atoms with E-state index in [1.54, 1.807) is 12.4 Å². The van der Waals surface area contributed by atoms with Crippen LogP contribution in [0.25, 0.3) is 16.7 Å². The van der Waals surface area contributed by atoms with Crippen molar-refractivity contribution in [3.63, 3.8) is 0 Å². The van der Waals surface area contributed by atoms with Gasteiger partial charge in [-0.25, -0.2) is 4.98 Å². The molecule has 106 valence electrons. The molecule has 0 bridgehead atoms. The zero-order valence-electron chi connectivity index (χ0n) is 11.4. The van der Waals surface area contributed by atoms with E-state index in [1.165, 1.54) is 17.3 Å². The summed E-state index contributed by atoms with van der Waals surface area (Å²) < 4.78 is 1.96. The molecular formula is C15H13N3O2S. The lowest BCUT2D eigenvalue weighted by Crippen LogP contribution is -2.01. The largest absolute Gasteiger partial charge is 0.481 e. The fraction of sp³-hybridized carbons (Fsp3) is 0.133. The number of carbonyl (C=O) groups is 1. The van der Waals surface area contributed by atoms with Crippen molar-refractivity contribution in [1.29, 1.82) is 0 Å². The number of imidazole rings is 1. The number of aromatic nitrogens is 3. The minimum absolute atomic E-state index is 0.0252. The van der Waals surface area contributed by atoms with Crippen LogP contribution in [0.5, 0.6) is 0 Å². The van der Waals surface area contributed by atoms with Gasteiger partial charge in [0.05, 0.1) is 17.5 Å². The van der Waals surface area contributed by atoms with Crippen molar-refractivity contribution in [3.05, 3.63) is 48.3 Å². The smallest absolute Gasteiger partial charge is 0.313 e. The number of thioether (sulfide) groups is 1. The summed E-state index contributed by atoms with van der Waals surface area (Å²) in [7, 11) is 0. The molecular weight excluding hydrogens is 286 g/mol. The molecule has 3 rings (SSSR count). The predicted molar refractivity (Wildman–Crippen MR) is 82.0 cm³/mol. The number of pyridine rings is 1. The first-order chi connectivity index (χ1) is 10.1. The highest BCUT2D eigenvalue weighted by Crippen LogP contribution is 2.27. The SMILES string of the molecule is Cc1ccc(-n2c(SCC(=O)O)nc3cnccc32)cc1. The average molecular weight is 299 g/mol. The zero-order valence-corrected chi connectivity index (χ0v) is 12.2. The lowest BCUT2D eigenvalue weighted by molar-refractivity contribution is -0.133. The van der Waals surface area contributed by atoms with E-state index >= 15 is 0 Å². The Morgan fingerprint density at radius 3 is 2.76 bits per heavy atom. The van der Waals surface area contributed by atoms with Gasteiger partial charge in [-0.2, -0.15) is 0 Å².